The Bertz CT molecular complexity index is 532. The summed E-state index contributed by atoms with van der Waals surface area (Å²) < 4.78 is 19.8. The fourth-order valence-electron chi connectivity index (χ4n) is 3.78. The van der Waals surface area contributed by atoms with Crippen LogP contribution in [0.3, 0.4) is 0 Å². The number of hydrogen-bond acceptors (Lipinski definition) is 4. The van der Waals surface area contributed by atoms with Crippen LogP contribution in [0.25, 0.3) is 0 Å². The summed E-state index contributed by atoms with van der Waals surface area (Å²) in [5.41, 5.74) is 1.81. The first-order valence-electron chi connectivity index (χ1n) is 9.10. The van der Waals surface area contributed by atoms with Crippen LogP contribution in [-0.4, -0.2) is 56.0 Å². The molecule has 5 heteroatoms. The smallest absolute Gasteiger partial charge is 0.146 e. The molecule has 1 N–H and O–H groups in total. The molecule has 0 amide bonds. The van der Waals surface area contributed by atoms with E-state index < -0.39 is 0 Å². The van der Waals surface area contributed by atoms with Gasteiger partial charge >= 0.3 is 0 Å². The van der Waals surface area contributed by atoms with Gasteiger partial charge in [0.1, 0.15) is 5.82 Å². The number of ether oxygens (including phenoxy) is 1. The molecule has 0 bridgehead atoms. The number of likely N-dealkylation sites (tertiary alicyclic amines) is 1. The SMILES string of the molecule is CCC1(CO)CCN(Cc2ccc(N3CCOCC3)c(F)c2)CC1. The number of rotatable bonds is 5. The zero-order valence-corrected chi connectivity index (χ0v) is 14.6. The average molecular weight is 336 g/mol. The monoisotopic (exact) mass is 336 g/mol. The number of benzene rings is 1. The lowest BCUT2D eigenvalue weighted by Gasteiger charge is -2.40. The zero-order valence-electron chi connectivity index (χ0n) is 14.6. The van der Waals surface area contributed by atoms with E-state index in [0.29, 0.717) is 18.9 Å². The Labute approximate surface area is 144 Å². The number of aliphatic hydroxyl groups excluding tert-OH is 1. The lowest BCUT2D eigenvalue weighted by molar-refractivity contribution is 0.0382. The quantitative estimate of drug-likeness (QED) is 0.897. The van der Waals surface area contributed by atoms with Gasteiger partial charge in [-0.1, -0.05) is 13.0 Å². The van der Waals surface area contributed by atoms with Gasteiger partial charge in [-0.2, -0.15) is 0 Å². The molecule has 2 saturated heterocycles. The van der Waals surface area contributed by atoms with Crippen LogP contribution >= 0.6 is 0 Å². The minimum atomic E-state index is -0.135. The first-order chi connectivity index (χ1) is 11.7. The van der Waals surface area contributed by atoms with Crippen molar-refractivity contribution in [3.63, 3.8) is 0 Å². The summed E-state index contributed by atoms with van der Waals surface area (Å²) in [5, 5.41) is 9.63. The van der Waals surface area contributed by atoms with Crippen LogP contribution in [0.2, 0.25) is 0 Å². The molecule has 0 spiro atoms. The molecule has 2 fully saturated rings. The van der Waals surface area contributed by atoms with Crippen molar-refractivity contribution in [1.29, 1.82) is 0 Å². The summed E-state index contributed by atoms with van der Waals surface area (Å²) >= 11 is 0. The van der Waals surface area contributed by atoms with E-state index in [1.165, 1.54) is 0 Å². The minimum Gasteiger partial charge on any atom is -0.396 e. The van der Waals surface area contributed by atoms with Gasteiger partial charge in [-0.3, -0.25) is 4.90 Å². The van der Waals surface area contributed by atoms with E-state index in [2.05, 4.69) is 16.7 Å². The lowest BCUT2D eigenvalue weighted by Crippen LogP contribution is -2.41. The second-order valence-electron chi connectivity index (χ2n) is 7.17. The Morgan fingerprint density at radius 1 is 1.17 bits per heavy atom. The third-order valence-electron chi connectivity index (χ3n) is 5.77. The first kappa shape index (κ1) is 17.6. The molecule has 0 unspecified atom stereocenters. The van der Waals surface area contributed by atoms with E-state index in [1.807, 2.05) is 12.1 Å². The van der Waals surface area contributed by atoms with Gasteiger partial charge in [-0.25, -0.2) is 4.39 Å². The van der Waals surface area contributed by atoms with Gasteiger partial charge < -0.3 is 14.7 Å². The molecular formula is C19H29FN2O2. The summed E-state index contributed by atoms with van der Waals surface area (Å²) in [6.07, 6.45) is 3.07. The van der Waals surface area contributed by atoms with Crippen LogP contribution in [0.5, 0.6) is 0 Å². The molecule has 134 valence electrons. The van der Waals surface area contributed by atoms with Gasteiger partial charge in [0, 0.05) is 26.2 Å². The van der Waals surface area contributed by atoms with Crippen molar-refractivity contribution in [2.24, 2.45) is 5.41 Å². The minimum absolute atomic E-state index is 0.0991. The Balaban J connectivity index is 1.59. The maximum absolute atomic E-state index is 14.5. The van der Waals surface area contributed by atoms with Crippen molar-refractivity contribution in [2.75, 3.05) is 50.9 Å². The van der Waals surface area contributed by atoms with Gasteiger partial charge in [-0.15, -0.1) is 0 Å². The molecule has 2 aliphatic heterocycles. The van der Waals surface area contributed by atoms with Crippen molar-refractivity contribution >= 4 is 5.69 Å². The van der Waals surface area contributed by atoms with Crippen LogP contribution in [0.1, 0.15) is 31.7 Å². The summed E-state index contributed by atoms with van der Waals surface area (Å²) in [5.74, 6) is -0.135. The molecule has 3 rings (SSSR count). The van der Waals surface area contributed by atoms with Crippen molar-refractivity contribution in [1.82, 2.24) is 4.90 Å². The number of hydrogen-bond donors (Lipinski definition) is 1. The summed E-state index contributed by atoms with van der Waals surface area (Å²) in [6.45, 7) is 8.00. The van der Waals surface area contributed by atoms with Gasteiger partial charge in [0.2, 0.25) is 0 Å². The van der Waals surface area contributed by atoms with Crippen LogP contribution in [0.4, 0.5) is 10.1 Å². The number of piperidine rings is 1. The standard InChI is InChI=1S/C19H29FN2O2/c1-2-19(15-23)5-7-21(8-6-19)14-16-3-4-18(17(20)13-16)22-9-11-24-12-10-22/h3-4,13,23H,2,5-12,14-15H2,1H3. The van der Waals surface area contributed by atoms with Gasteiger partial charge in [0.25, 0.3) is 0 Å². The van der Waals surface area contributed by atoms with Gasteiger partial charge in [0.15, 0.2) is 0 Å². The Morgan fingerprint density at radius 3 is 2.46 bits per heavy atom. The lowest BCUT2D eigenvalue weighted by atomic mass is 9.77. The molecule has 4 nitrogen and oxygen atoms in total. The summed E-state index contributed by atoms with van der Waals surface area (Å²) in [6, 6.07) is 5.63. The number of aliphatic hydroxyl groups is 1. The third-order valence-corrected chi connectivity index (χ3v) is 5.77. The van der Waals surface area contributed by atoms with Crippen molar-refractivity contribution < 1.29 is 14.2 Å². The predicted molar refractivity (Wildman–Crippen MR) is 93.8 cm³/mol. The first-order valence-corrected chi connectivity index (χ1v) is 9.10. The highest BCUT2D eigenvalue weighted by Gasteiger charge is 2.32. The molecule has 24 heavy (non-hydrogen) atoms. The van der Waals surface area contributed by atoms with E-state index in [4.69, 9.17) is 4.74 Å². The number of nitrogens with zero attached hydrogens (tertiary/aromatic N) is 2. The van der Waals surface area contributed by atoms with Crippen LogP contribution in [0.15, 0.2) is 18.2 Å². The highest BCUT2D eigenvalue weighted by Crippen LogP contribution is 2.34. The van der Waals surface area contributed by atoms with E-state index in [1.54, 1.807) is 6.07 Å². The Hall–Kier alpha value is -1.17. The zero-order chi connectivity index (χ0) is 17.0. The van der Waals surface area contributed by atoms with Crippen LogP contribution in [-0.2, 0) is 11.3 Å². The maximum atomic E-state index is 14.5. The topological polar surface area (TPSA) is 35.9 Å². The summed E-state index contributed by atoms with van der Waals surface area (Å²) in [4.78, 5) is 4.42. The summed E-state index contributed by atoms with van der Waals surface area (Å²) in [7, 11) is 0. The molecule has 1 aromatic carbocycles. The number of halogens is 1. The van der Waals surface area contributed by atoms with Crippen molar-refractivity contribution in [2.45, 2.75) is 32.7 Å². The molecule has 0 aromatic heterocycles. The van der Waals surface area contributed by atoms with E-state index in [0.717, 1.165) is 57.5 Å². The molecule has 0 atom stereocenters. The highest BCUT2D eigenvalue weighted by molar-refractivity contribution is 5.49. The molecule has 2 aliphatic rings. The molecule has 1 aromatic rings. The fraction of sp³-hybridized carbons (Fsp3) is 0.684. The van der Waals surface area contributed by atoms with Crippen molar-refractivity contribution in [3.05, 3.63) is 29.6 Å². The fourth-order valence-corrected chi connectivity index (χ4v) is 3.78. The van der Waals surface area contributed by atoms with Gasteiger partial charge in [-0.05, 0) is 55.5 Å². The number of morpholine rings is 1. The molecule has 2 heterocycles. The van der Waals surface area contributed by atoms with Crippen molar-refractivity contribution in [3.8, 4) is 0 Å². The van der Waals surface area contributed by atoms with E-state index >= 15 is 0 Å². The Kier molecular flexibility index (Phi) is 5.74. The molecule has 0 aliphatic carbocycles. The molecule has 0 radical (unpaired) electrons. The molecular weight excluding hydrogens is 307 g/mol. The highest BCUT2D eigenvalue weighted by atomic mass is 19.1. The average Bonchev–Trinajstić information content (AvgIpc) is 2.63. The van der Waals surface area contributed by atoms with E-state index in [9.17, 15) is 9.50 Å². The largest absolute Gasteiger partial charge is 0.396 e. The normalized spacial score (nSPS) is 21.9. The Morgan fingerprint density at radius 2 is 1.88 bits per heavy atom. The molecule has 0 saturated carbocycles. The van der Waals surface area contributed by atoms with E-state index in [-0.39, 0.29) is 17.8 Å². The second kappa shape index (κ2) is 7.81. The number of anilines is 1. The van der Waals surface area contributed by atoms with Crippen LogP contribution < -0.4 is 4.90 Å². The van der Waals surface area contributed by atoms with Gasteiger partial charge in [0.05, 0.1) is 18.9 Å². The maximum Gasteiger partial charge on any atom is 0.146 e. The second-order valence-corrected chi connectivity index (χ2v) is 7.17. The predicted octanol–water partition coefficient (Wildman–Crippen LogP) is 2.65. The van der Waals surface area contributed by atoms with Crippen LogP contribution in [0, 0.1) is 11.2 Å². The third kappa shape index (κ3) is 3.90.